The van der Waals surface area contributed by atoms with Gasteiger partial charge in [0.1, 0.15) is 5.60 Å². The van der Waals surface area contributed by atoms with Crippen LogP contribution in [0.2, 0.25) is 0 Å². The standard InChI is InChI=1S/C13H22F3NO5S/c1-12(2,3)22-11(18)17-10-5-4-9(6-10)7-21-23(19,20)8-13(14,15)16/h9-10H,4-8H2,1-3H3,(H,17,18). The molecule has 1 aliphatic carbocycles. The molecule has 0 saturated heterocycles. The largest absolute Gasteiger partial charge is 0.444 e. The lowest BCUT2D eigenvalue weighted by atomic mass is 10.1. The first-order valence-electron chi connectivity index (χ1n) is 7.19. The number of alkyl halides is 3. The number of carbonyl (C=O) groups excluding carboxylic acids is 1. The second-order valence-corrected chi connectivity index (χ2v) is 8.26. The van der Waals surface area contributed by atoms with E-state index in [0.717, 1.165) is 0 Å². The van der Waals surface area contributed by atoms with Crippen LogP contribution in [0, 0.1) is 5.92 Å². The Hall–Kier alpha value is -1.03. The van der Waals surface area contributed by atoms with Crippen LogP contribution in [0.1, 0.15) is 40.0 Å². The number of carbonyl (C=O) groups is 1. The lowest BCUT2D eigenvalue weighted by Crippen LogP contribution is -2.38. The Morgan fingerprint density at radius 1 is 1.22 bits per heavy atom. The van der Waals surface area contributed by atoms with Gasteiger partial charge >= 0.3 is 12.3 Å². The fraction of sp³-hybridized carbons (Fsp3) is 0.923. The van der Waals surface area contributed by atoms with Crippen molar-refractivity contribution in [3.05, 3.63) is 0 Å². The lowest BCUT2D eigenvalue weighted by Gasteiger charge is -2.21. The SMILES string of the molecule is CC(C)(C)OC(=O)NC1CCC(COS(=O)(=O)CC(F)(F)F)C1. The molecule has 1 amide bonds. The van der Waals surface area contributed by atoms with Gasteiger partial charge in [-0.25, -0.2) is 4.79 Å². The molecule has 1 N–H and O–H groups in total. The predicted molar refractivity (Wildman–Crippen MR) is 76.3 cm³/mol. The van der Waals surface area contributed by atoms with Crippen molar-refractivity contribution in [2.75, 3.05) is 12.4 Å². The van der Waals surface area contributed by atoms with Gasteiger partial charge in [-0.15, -0.1) is 0 Å². The molecule has 0 aromatic rings. The Labute approximate surface area is 133 Å². The van der Waals surface area contributed by atoms with Crippen molar-refractivity contribution in [2.45, 2.75) is 57.9 Å². The number of ether oxygens (including phenoxy) is 1. The molecule has 0 spiro atoms. The highest BCUT2D eigenvalue weighted by Crippen LogP contribution is 2.27. The summed E-state index contributed by atoms with van der Waals surface area (Å²) in [5.74, 6) is -2.22. The van der Waals surface area contributed by atoms with E-state index in [1.807, 2.05) is 0 Å². The molecule has 136 valence electrons. The molecule has 0 aliphatic heterocycles. The molecule has 0 aromatic carbocycles. The van der Waals surface area contributed by atoms with Crippen molar-refractivity contribution in [1.29, 1.82) is 0 Å². The molecule has 23 heavy (non-hydrogen) atoms. The van der Waals surface area contributed by atoms with Crippen LogP contribution >= 0.6 is 0 Å². The smallest absolute Gasteiger partial charge is 0.407 e. The van der Waals surface area contributed by atoms with Crippen molar-refractivity contribution >= 4 is 16.2 Å². The van der Waals surface area contributed by atoms with Crippen LogP contribution in [-0.2, 0) is 19.0 Å². The Balaban J connectivity index is 2.37. The summed E-state index contributed by atoms with van der Waals surface area (Å²) in [6.45, 7) is 4.86. The van der Waals surface area contributed by atoms with Crippen LogP contribution in [-0.4, -0.2) is 44.7 Å². The van der Waals surface area contributed by atoms with Crippen molar-refractivity contribution in [2.24, 2.45) is 5.92 Å². The highest BCUT2D eigenvalue weighted by molar-refractivity contribution is 7.86. The third kappa shape index (κ3) is 8.99. The van der Waals surface area contributed by atoms with Crippen LogP contribution in [0.15, 0.2) is 0 Å². The van der Waals surface area contributed by atoms with Crippen molar-refractivity contribution in [3.63, 3.8) is 0 Å². The van der Waals surface area contributed by atoms with Gasteiger partial charge in [-0.1, -0.05) is 0 Å². The maximum Gasteiger partial charge on any atom is 0.407 e. The molecule has 0 bridgehead atoms. The van der Waals surface area contributed by atoms with Crippen LogP contribution in [0.5, 0.6) is 0 Å². The van der Waals surface area contributed by atoms with E-state index in [1.54, 1.807) is 20.8 Å². The van der Waals surface area contributed by atoms with Crippen molar-refractivity contribution in [3.8, 4) is 0 Å². The Kier molecular flexibility index (Phi) is 6.31. The van der Waals surface area contributed by atoms with E-state index in [1.165, 1.54) is 0 Å². The average Bonchev–Trinajstić information content (AvgIpc) is 2.68. The third-order valence-electron chi connectivity index (χ3n) is 3.09. The molecule has 6 nitrogen and oxygen atoms in total. The number of halogens is 3. The summed E-state index contributed by atoms with van der Waals surface area (Å²) in [7, 11) is -4.63. The maximum absolute atomic E-state index is 12.1. The van der Waals surface area contributed by atoms with Gasteiger partial charge in [0.15, 0.2) is 5.75 Å². The zero-order chi connectivity index (χ0) is 17.9. The minimum atomic E-state index is -4.82. The molecule has 0 radical (unpaired) electrons. The van der Waals surface area contributed by atoms with E-state index >= 15 is 0 Å². The van der Waals surface area contributed by atoms with Gasteiger partial charge in [0, 0.05) is 6.04 Å². The summed E-state index contributed by atoms with van der Waals surface area (Å²) in [6.07, 6.45) is -3.82. The van der Waals surface area contributed by atoms with Gasteiger partial charge in [0.05, 0.1) is 6.61 Å². The van der Waals surface area contributed by atoms with E-state index < -0.39 is 33.7 Å². The first-order valence-corrected chi connectivity index (χ1v) is 8.77. The van der Waals surface area contributed by atoms with Crippen molar-refractivity contribution < 1.29 is 35.3 Å². The van der Waals surface area contributed by atoms with E-state index in [9.17, 15) is 26.4 Å². The quantitative estimate of drug-likeness (QED) is 0.761. The van der Waals surface area contributed by atoms with Crippen LogP contribution in [0.4, 0.5) is 18.0 Å². The van der Waals surface area contributed by atoms with E-state index in [2.05, 4.69) is 9.50 Å². The number of rotatable bonds is 5. The minimum Gasteiger partial charge on any atom is -0.444 e. The monoisotopic (exact) mass is 361 g/mol. The molecule has 1 aliphatic rings. The maximum atomic E-state index is 12.1. The van der Waals surface area contributed by atoms with Gasteiger partial charge < -0.3 is 10.1 Å². The first-order chi connectivity index (χ1) is 10.3. The lowest BCUT2D eigenvalue weighted by molar-refractivity contribution is -0.107. The zero-order valence-electron chi connectivity index (χ0n) is 13.3. The Morgan fingerprint density at radius 2 is 1.83 bits per heavy atom. The number of hydrogen-bond acceptors (Lipinski definition) is 5. The molecule has 2 unspecified atom stereocenters. The van der Waals surface area contributed by atoms with E-state index in [-0.39, 0.29) is 18.6 Å². The number of nitrogens with one attached hydrogen (secondary N) is 1. The first kappa shape index (κ1) is 20.0. The van der Waals surface area contributed by atoms with Crippen LogP contribution in [0.3, 0.4) is 0 Å². The molecule has 1 fully saturated rings. The summed E-state index contributed by atoms with van der Waals surface area (Å²) < 4.78 is 68.1. The zero-order valence-corrected chi connectivity index (χ0v) is 14.1. The number of hydrogen-bond donors (Lipinski definition) is 1. The minimum absolute atomic E-state index is 0.205. The number of alkyl carbamates (subject to hydrolysis) is 1. The topological polar surface area (TPSA) is 81.7 Å². The highest BCUT2D eigenvalue weighted by Gasteiger charge is 2.37. The normalized spacial score (nSPS) is 22.9. The summed E-state index contributed by atoms with van der Waals surface area (Å²) in [4.78, 5) is 11.6. The van der Waals surface area contributed by atoms with Gasteiger partial charge in [-0.2, -0.15) is 21.6 Å². The van der Waals surface area contributed by atoms with Gasteiger partial charge in [0.2, 0.25) is 0 Å². The summed E-state index contributed by atoms with van der Waals surface area (Å²) >= 11 is 0. The summed E-state index contributed by atoms with van der Waals surface area (Å²) in [6, 6.07) is -0.205. The van der Waals surface area contributed by atoms with Gasteiger partial charge in [-0.3, -0.25) is 4.18 Å². The fourth-order valence-corrected chi connectivity index (χ4v) is 3.16. The molecule has 0 heterocycles. The Bertz CT molecular complexity index is 513. The number of amides is 1. The summed E-state index contributed by atoms with van der Waals surface area (Å²) in [5, 5.41) is 2.65. The molecule has 2 atom stereocenters. The molecular weight excluding hydrogens is 339 g/mol. The fourth-order valence-electron chi connectivity index (χ4n) is 2.27. The van der Waals surface area contributed by atoms with E-state index in [0.29, 0.717) is 19.3 Å². The summed E-state index contributed by atoms with van der Waals surface area (Å²) in [5.41, 5.74) is -0.628. The molecule has 1 saturated carbocycles. The second-order valence-electron chi connectivity index (χ2n) is 6.62. The van der Waals surface area contributed by atoms with Gasteiger partial charge in [0.25, 0.3) is 10.1 Å². The Morgan fingerprint density at radius 3 is 2.35 bits per heavy atom. The van der Waals surface area contributed by atoms with Crippen LogP contribution < -0.4 is 5.32 Å². The van der Waals surface area contributed by atoms with Crippen molar-refractivity contribution in [1.82, 2.24) is 5.32 Å². The molecular formula is C13H22F3NO5S. The van der Waals surface area contributed by atoms with Gasteiger partial charge in [-0.05, 0) is 46.0 Å². The highest BCUT2D eigenvalue weighted by atomic mass is 32.2. The average molecular weight is 361 g/mol. The van der Waals surface area contributed by atoms with E-state index in [4.69, 9.17) is 4.74 Å². The molecule has 10 heteroatoms. The van der Waals surface area contributed by atoms with Crippen LogP contribution in [0.25, 0.3) is 0 Å². The predicted octanol–water partition coefficient (Wildman–Crippen LogP) is 2.59. The molecule has 0 aromatic heterocycles. The third-order valence-corrected chi connectivity index (χ3v) is 4.26. The molecule has 1 rings (SSSR count). The second kappa shape index (κ2) is 7.25.